The van der Waals surface area contributed by atoms with E-state index in [1.54, 1.807) is 61.7 Å². The average Bonchev–Trinajstić information content (AvgIpc) is 3.32. The van der Waals surface area contributed by atoms with Crippen LogP contribution in [-0.4, -0.2) is 33.8 Å². The maximum absolute atomic E-state index is 12.9. The van der Waals surface area contributed by atoms with Gasteiger partial charge in [0.25, 0.3) is 5.91 Å². The van der Waals surface area contributed by atoms with E-state index in [0.717, 1.165) is 16.4 Å². The van der Waals surface area contributed by atoms with Gasteiger partial charge in [-0.15, -0.1) is 0 Å². The van der Waals surface area contributed by atoms with Gasteiger partial charge >= 0.3 is 0 Å². The lowest BCUT2D eigenvalue weighted by molar-refractivity contribution is 0.102. The molecule has 4 rings (SSSR count). The summed E-state index contributed by atoms with van der Waals surface area (Å²) in [4.78, 5) is 21.2. The molecule has 7 nitrogen and oxygen atoms in total. The van der Waals surface area contributed by atoms with Crippen LogP contribution in [0.5, 0.6) is 11.5 Å². The van der Waals surface area contributed by atoms with E-state index >= 15 is 0 Å². The summed E-state index contributed by atoms with van der Waals surface area (Å²) in [6, 6.07) is 16.5. The predicted octanol–water partition coefficient (Wildman–Crippen LogP) is 4.83. The first-order valence-electron chi connectivity index (χ1n) is 9.87. The lowest BCUT2D eigenvalue weighted by Gasteiger charge is -2.13. The van der Waals surface area contributed by atoms with E-state index in [0.29, 0.717) is 29.4 Å². The second-order valence-corrected chi connectivity index (χ2v) is 7.57. The third-order valence-electron chi connectivity index (χ3n) is 4.74. The van der Waals surface area contributed by atoms with Gasteiger partial charge in [-0.2, -0.15) is 0 Å². The van der Waals surface area contributed by atoms with Gasteiger partial charge in [0.1, 0.15) is 6.61 Å². The molecule has 0 bridgehead atoms. The molecule has 0 unspecified atom stereocenters. The summed E-state index contributed by atoms with van der Waals surface area (Å²) in [7, 11) is 1.58. The number of carbonyl (C=O) groups is 1. The molecular formula is C24H22N4O3S. The number of anilines is 1. The first kappa shape index (κ1) is 21.5. The average molecular weight is 447 g/mol. The number of amides is 1. The normalized spacial score (nSPS) is 10.6. The van der Waals surface area contributed by atoms with Crippen LogP contribution in [0.2, 0.25) is 0 Å². The van der Waals surface area contributed by atoms with Crippen LogP contribution in [0.3, 0.4) is 0 Å². The molecule has 4 aromatic rings. The molecule has 8 heteroatoms. The molecule has 0 saturated carbocycles. The van der Waals surface area contributed by atoms with Crippen LogP contribution in [-0.2, 0) is 6.61 Å². The maximum atomic E-state index is 12.9. The van der Waals surface area contributed by atoms with Crippen LogP contribution in [0.15, 0.2) is 84.5 Å². The molecule has 0 radical (unpaired) electrons. The number of hydrogen-bond donors (Lipinski definition) is 1. The second kappa shape index (κ2) is 10.0. The first-order chi connectivity index (χ1) is 15.7. The summed E-state index contributed by atoms with van der Waals surface area (Å²) in [6.07, 6.45) is 9.01. The summed E-state index contributed by atoms with van der Waals surface area (Å²) < 4.78 is 13.3. The summed E-state index contributed by atoms with van der Waals surface area (Å²) in [5.41, 5.74) is 3.00. The number of imidazole rings is 1. The molecule has 2 aromatic heterocycles. The minimum Gasteiger partial charge on any atom is -0.493 e. The fourth-order valence-corrected chi connectivity index (χ4v) is 3.67. The fourth-order valence-electron chi connectivity index (χ4n) is 3.14. The Morgan fingerprint density at radius 2 is 1.91 bits per heavy atom. The number of hydrogen-bond acceptors (Lipinski definition) is 6. The Bertz CT molecular complexity index is 1210. The van der Waals surface area contributed by atoms with E-state index in [9.17, 15) is 4.79 Å². The molecule has 0 aliphatic heterocycles. The smallest absolute Gasteiger partial charge is 0.255 e. The van der Waals surface area contributed by atoms with E-state index in [2.05, 4.69) is 15.3 Å². The molecule has 2 aromatic carbocycles. The zero-order valence-electron chi connectivity index (χ0n) is 17.7. The molecule has 0 atom stereocenters. The van der Waals surface area contributed by atoms with Crippen LogP contribution in [0.25, 0.3) is 5.69 Å². The van der Waals surface area contributed by atoms with E-state index in [1.165, 1.54) is 0 Å². The number of aromatic nitrogens is 3. The number of ether oxygens (including phenoxy) is 2. The van der Waals surface area contributed by atoms with Crippen LogP contribution < -0.4 is 14.8 Å². The van der Waals surface area contributed by atoms with Crippen molar-refractivity contribution in [3.63, 3.8) is 0 Å². The van der Waals surface area contributed by atoms with Gasteiger partial charge in [-0.1, -0.05) is 17.8 Å². The van der Waals surface area contributed by atoms with Crippen molar-refractivity contribution in [2.24, 2.45) is 0 Å². The monoisotopic (exact) mass is 446 g/mol. The minimum absolute atomic E-state index is 0.220. The highest BCUT2D eigenvalue weighted by Gasteiger charge is 2.12. The number of rotatable bonds is 8. The third kappa shape index (κ3) is 4.92. The van der Waals surface area contributed by atoms with Crippen LogP contribution in [0, 0.1) is 0 Å². The van der Waals surface area contributed by atoms with Gasteiger partial charge in [0.2, 0.25) is 0 Å². The maximum Gasteiger partial charge on any atom is 0.255 e. The number of benzene rings is 2. The number of nitrogens with zero attached hydrogens (tertiary/aromatic N) is 3. The SMILES string of the molecule is COc1ccc(NC(=O)c2cccc(-n3ccnc3SC)c2)cc1OCc1ccncc1. The lowest BCUT2D eigenvalue weighted by Crippen LogP contribution is -2.12. The number of pyridine rings is 1. The zero-order valence-corrected chi connectivity index (χ0v) is 18.5. The molecule has 0 aliphatic rings. The molecule has 162 valence electrons. The molecule has 1 amide bonds. The molecule has 0 spiro atoms. The van der Waals surface area contributed by atoms with Crippen LogP contribution >= 0.6 is 11.8 Å². The van der Waals surface area contributed by atoms with Crippen molar-refractivity contribution in [1.82, 2.24) is 14.5 Å². The largest absolute Gasteiger partial charge is 0.493 e. The minimum atomic E-state index is -0.220. The summed E-state index contributed by atoms with van der Waals surface area (Å²) in [6.45, 7) is 0.362. The van der Waals surface area contributed by atoms with Gasteiger partial charge in [0, 0.05) is 47.8 Å². The van der Waals surface area contributed by atoms with Gasteiger partial charge in [0.15, 0.2) is 16.7 Å². The molecular weight excluding hydrogens is 424 g/mol. The zero-order chi connectivity index (χ0) is 22.3. The third-order valence-corrected chi connectivity index (χ3v) is 5.41. The molecule has 1 N–H and O–H groups in total. The quantitative estimate of drug-likeness (QED) is 0.391. The van der Waals surface area contributed by atoms with Gasteiger partial charge < -0.3 is 14.8 Å². The Morgan fingerprint density at radius 3 is 2.69 bits per heavy atom. The molecule has 0 aliphatic carbocycles. The first-order valence-corrected chi connectivity index (χ1v) is 11.1. The van der Waals surface area contributed by atoms with Crippen LogP contribution in [0.1, 0.15) is 15.9 Å². The standard InChI is InChI=1S/C24H22N4O3S/c1-30-21-7-6-19(15-22(21)31-16-17-8-10-25-11-9-17)27-23(29)18-4-3-5-20(14-18)28-13-12-26-24(28)32-2/h3-15H,16H2,1-2H3,(H,27,29). The van der Waals surface area contributed by atoms with E-state index < -0.39 is 0 Å². The van der Waals surface area contributed by atoms with Gasteiger partial charge in [-0.05, 0) is 54.3 Å². The number of thioether (sulfide) groups is 1. The van der Waals surface area contributed by atoms with Crippen molar-refractivity contribution in [1.29, 1.82) is 0 Å². The number of methoxy groups -OCH3 is 1. The summed E-state index contributed by atoms with van der Waals surface area (Å²) in [5, 5.41) is 3.79. The molecule has 0 fully saturated rings. The topological polar surface area (TPSA) is 78.3 Å². The molecule has 2 heterocycles. The van der Waals surface area contributed by atoms with Gasteiger partial charge in [-0.3, -0.25) is 14.3 Å². The highest BCUT2D eigenvalue weighted by Crippen LogP contribution is 2.31. The Morgan fingerprint density at radius 1 is 1.06 bits per heavy atom. The van der Waals surface area contributed by atoms with Crippen molar-refractivity contribution >= 4 is 23.4 Å². The second-order valence-electron chi connectivity index (χ2n) is 6.80. The Balaban J connectivity index is 1.51. The number of nitrogens with one attached hydrogen (secondary N) is 1. The molecule has 32 heavy (non-hydrogen) atoms. The van der Waals surface area contributed by atoms with Crippen LogP contribution in [0.4, 0.5) is 5.69 Å². The summed E-state index contributed by atoms with van der Waals surface area (Å²) >= 11 is 1.54. The van der Waals surface area contributed by atoms with E-state index in [-0.39, 0.29) is 5.91 Å². The highest BCUT2D eigenvalue weighted by atomic mass is 32.2. The van der Waals surface area contributed by atoms with Crippen molar-refractivity contribution in [2.45, 2.75) is 11.8 Å². The van der Waals surface area contributed by atoms with Gasteiger partial charge in [0.05, 0.1) is 7.11 Å². The van der Waals surface area contributed by atoms with Gasteiger partial charge in [-0.25, -0.2) is 4.98 Å². The predicted molar refractivity (Wildman–Crippen MR) is 125 cm³/mol. The van der Waals surface area contributed by atoms with E-state index in [1.807, 2.05) is 47.4 Å². The Labute approximate surface area is 190 Å². The highest BCUT2D eigenvalue weighted by molar-refractivity contribution is 7.98. The molecule has 0 saturated heterocycles. The lowest BCUT2D eigenvalue weighted by atomic mass is 10.1. The van der Waals surface area contributed by atoms with Crippen molar-refractivity contribution in [3.05, 3.63) is 90.5 Å². The van der Waals surface area contributed by atoms with E-state index in [4.69, 9.17) is 9.47 Å². The Hall–Kier alpha value is -3.78. The van der Waals surface area contributed by atoms with Crippen molar-refractivity contribution in [3.8, 4) is 17.2 Å². The summed E-state index contributed by atoms with van der Waals surface area (Å²) in [5.74, 6) is 0.908. The van der Waals surface area contributed by atoms with Crippen molar-refractivity contribution < 1.29 is 14.3 Å². The Kier molecular flexibility index (Phi) is 6.72. The fraction of sp³-hybridized carbons (Fsp3) is 0.125. The van der Waals surface area contributed by atoms with Crippen molar-refractivity contribution in [2.75, 3.05) is 18.7 Å². The number of carbonyl (C=O) groups excluding carboxylic acids is 1.